The number of hydrogen-bond donors (Lipinski definition) is 3. The van der Waals surface area contributed by atoms with Gasteiger partial charge in [-0.1, -0.05) is 18.2 Å². The molecule has 0 fully saturated rings. The van der Waals surface area contributed by atoms with Gasteiger partial charge in [0.1, 0.15) is 5.75 Å². The Morgan fingerprint density at radius 3 is 2.48 bits per heavy atom. The SMILES string of the molecule is NCc1cccc(-c2cc(N)cc(Oc3nc(Oc4ccsc4C(=O)O)c(F)cc3F)c2)c1. The number of pyridine rings is 1. The summed E-state index contributed by atoms with van der Waals surface area (Å²) in [6, 6.07) is 14.2. The van der Waals surface area contributed by atoms with Gasteiger partial charge in [-0.2, -0.15) is 4.98 Å². The molecule has 2 aromatic heterocycles. The summed E-state index contributed by atoms with van der Waals surface area (Å²) in [6.07, 6.45) is 0. The molecule has 33 heavy (non-hydrogen) atoms. The Balaban J connectivity index is 1.66. The van der Waals surface area contributed by atoms with Crippen molar-refractivity contribution in [3.05, 3.63) is 82.1 Å². The van der Waals surface area contributed by atoms with Gasteiger partial charge in [-0.15, -0.1) is 11.3 Å². The third-order valence-electron chi connectivity index (χ3n) is 4.53. The smallest absolute Gasteiger partial charge is 0.349 e. The molecule has 7 nitrogen and oxygen atoms in total. The van der Waals surface area contributed by atoms with Gasteiger partial charge in [-0.25, -0.2) is 13.6 Å². The van der Waals surface area contributed by atoms with Crippen molar-refractivity contribution in [2.24, 2.45) is 5.73 Å². The second-order valence-corrected chi connectivity index (χ2v) is 7.80. The van der Waals surface area contributed by atoms with Gasteiger partial charge in [-0.05, 0) is 46.3 Å². The lowest BCUT2D eigenvalue weighted by Crippen LogP contribution is -2.01. The second kappa shape index (κ2) is 9.23. The topological polar surface area (TPSA) is 121 Å². The number of hydrogen-bond acceptors (Lipinski definition) is 7. The first-order valence-electron chi connectivity index (χ1n) is 9.56. The zero-order valence-electron chi connectivity index (χ0n) is 16.9. The van der Waals surface area contributed by atoms with Gasteiger partial charge in [0, 0.05) is 24.4 Å². The number of carboxylic acid groups (broad SMARTS) is 1. The highest BCUT2D eigenvalue weighted by Crippen LogP contribution is 2.35. The molecular weight excluding hydrogens is 452 g/mol. The van der Waals surface area contributed by atoms with Crippen molar-refractivity contribution in [2.75, 3.05) is 5.73 Å². The molecule has 4 rings (SSSR count). The zero-order valence-corrected chi connectivity index (χ0v) is 17.7. The van der Waals surface area contributed by atoms with E-state index in [1.807, 2.05) is 24.3 Å². The minimum absolute atomic E-state index is 0.123. The van der Waals surface area contributed by atoms with E-state index in [2.05, 4.69) is 4.98 Å². The van der Waals surface area contributed by atoms with Crippen LogP contribution in [0.3, 0.4) is 0 Å². The number of nitrogens with zero attached hydrogens (tertiary/aromatic N) is 1. The van der Waals surface area contributed by atoms with Crippen LogP contribution in [0.15, 0.2) is 60.0 Å². The van der Waals surface area contributed by atoms with Crippen LogP contribution in [0.5, 0.6) is 23.3 Å². The number of nitrogen functional groups attached to an aromatic ring is 1. The molecule has 2 aromatic carbocycles. The van der Waals surface area contributed by atoms with E-state index in [0.29, 0.717) is 23.9 Å². The van der Waals surface area contributed by atoms with Crippen molar-refractivity contribution in [2.45, 2.75) is 6.54 Å². The third kappa shape index (κ3) is 4.92. The first-order valence-corrected chi connectivity index (χ1v) is 10.4. The molecule has 0 atom stereocenters. The molecular formula is C23H17F2N3O4S. The molecule has 0 aliphatic rings. The number of carbonyl (C=O) groups is 1. The van der Waals surface area contributed by atoms with E-state index in [4.69, 9.17) is 20.9 Å². The number of aromatic carboxylic acids is 1. The van der Waals surface area contributed by atoms with Crippen molar-refractivity contribution in [1.29, 1.82) is 0 Å². The number of nitrogens with two attached hydrogens (primary N) is 2. The number of aromatic nitrogens is 1. The highest BCUT2D eigenvalue weighted by Gasteiger charge is 2.20. The van der Waals surface area contributed by atoms with Crippen molar-refractivity contribution in [1.82, 2.24) is 4.98 Å². The van der Waals surface area contributed by atoms with Gasteiger partial charge in [0.2, 0.25) is 0 Å². The summed E-state index contributed by atoms with van der Waals surface area (Å²) >= 11 is 0.895. The van der Waals surface area contributed by atoms with Crippen LogP contribution in [0, 0.1) is 11.6 Å². The highest BCUT2D eigenvalue weighted by atomic mass is 32.1. The monoisotopic (exact) mass is 469 g/mol. The minimum Gasteiger partial charge on any atom is -0.477 e. The van der Waals surface area contributed by atoms with Crippen LogP contribution in [0.2, 0.25) is 0 Å². The third-order valence-corrected chi connectivity index (χ3v) is 5.42. The Bertz CT molecular complexity index is 1340. The Kier molecular flexibility index (Phi) is 6.20. The fourth-order valence-electron chi connectivity index (χ4n) is 3.05. The molecule has 0 bridgehead atoms. The predicted octanol–water partition coefficient (Wildman–Crippen LogP) is 5.41. The van der Waals surface area contributed by atoms with Gasteiger partial charge in [-0.3, -0.25) is 0 Å². The molecule has 0 aliphatic carbocycles. The predicted molar refractivity (Wildman–Crippen MR) is 120 cm³/mol. The standard InChI is InChI=1S/C23H17F2N3O4S/c24-17-10-18(25)22(32-19-4-5-33-20(19)23(29)30)28-21(17)31-16-8-14(7-15(27)9-16)13-3-1-2-12(6-13)11-26/h1-10H,11,26-27H2,(H,29,30). The first-order chi connectivity index (χ1) is 15.8. The summed E-state index contributed by atoms with van der Waals surface area (Å²) in [6.45, 7) is 0.362. The largest absolute Gasteiger partial charge is 0.477 e. The van der Waals surface area contributed by atoms with E-state index in [-0.39, 0.29) is 16.4 Å². The summed E-state index contributed by atoms with van der Waals surface area (Å²) < 4.78 is 39.5. The average Bonchev–Trinajstić information content (AvgIpc) is 3.25. The van der Waals surface area contributed by atoms with E-state index >= 15 is 0 Å². The van der Waals surface area contributed by atoms with Crippen LogP contribution in [0.25, 0.3) is 11.1 Å². The van der Waals surface area contributed by atoms with Crippen LogP contribution in [-0.2, 0) is 6.54 Å². The molecule has 0 spiro atoms. The molecule has 4 aromatic rings. The van der Waals surface area contributed by atoms with Crippen molar-refractivity contribution in [3.8, 4) is 34.4 Å². The second-order valence-electron chi connectivity index (χ2n) is 6.88. The fourth-order valence-corrected chi connectivity index (χ4v) is 3.71. The maximum absolute atomic E-state index is 14.4. The number of carboxylic acids is 1. The molecule has 0 amide bonds. The minimum atomic E-state index is -1.25. The Morgan fingerprint density at radius 2 is 1.76 bits per heavy atom. The molecule has 168 valence electrons. The average molecular weight is 469 g/mol. The number of anilines is 1. The summed E-state index contributed by atoms with van der Waals surface area (Å²) in [5.74, 6) is -4.59. The van der Waals surface area contributed by atoms with Gasteiger partial charge < -0.3 is 26.0 Å². The lowest BCUT2D eigenvalue weighted by molar-refractivity contribution is 0.0699. The number of rotatable bonds is 7. The molecule has 0 saturated heterocycles. The van der Waals surface area contributed by atoms with E-state index in [1.165, 1.54) is 17.5 Å². The van der Waals surface area contributed by atoms with Crippen LogP contribution < -0.4 is 20.9 Å². The lowest BCUT2D eigenvalue weighted by Gasteiger charge is -2.12. The lowest BCUT2D eigenvalue weighted by atomic mass is 10.0. The van der Waals surface area contributed by atoms with E-state index in [0.717, 1.165) is 22.5 Å². The Morgan fingerprint density at radius 1 is 1.00 bits per heavy atom. The van der Waals surface area contributed by atoms with Gasteiger partial charge in [0.15, 0.2) is 22.3 Å². The van der Waals surface area contributed by atoms with Gasteiger partial charge in [0.25, 0.3) is 11.8 Å². The molecule has 5 N–H and O–H groups in total. The highest BCUT2D eigenvalue weighted by molar-refractivity contribution is 7.12. The fraction of sp³-hybridized carbons (Fsp3) is 0.0435. The quantitative estimate of drug-likeness (QED) is 0.309. The van der Waals surface area contributed by atoms with Crippen molar-refractivity contribution in [3.63, 3.8) is 0 Å². The zero-order chi connectivity index (χ0) is 23.5. The van der Waals surface area contributed by atoms with E-state index < -0.39 is 29.4 Å². The maximum atomic E-state index is 14.4. The van der Waals surface area contributed by atoms with Crippen LogP contribution in [0.4, 0.5) is 14.5 Å². The van der Waals surface area contributed by atoms with E-state index in [9.17, 15) is 18.7 Å². The van der Waals surface area contributed by atoms with Crippen molar-refractivity contribution >= 4 is 23.0 Å². The molecule has 0 saturated carbocycles. The molecule has 0 aliphatic heterocycles. The number of ether oxygens (including phenoxy) is 2. The number of halogens is 2. The summed E-state index contributed by atoms with van der Waals surface area (Å²) in [5.41, 5.74) is 14.5. The summed E-state index contributed by atoms with van der Waals surface area (Å²) in [7, 11) is 0. The number of thiophene rings is 1. The molecule has 0 unspecified atom stereocenters. The van der Waals surface area contributed by atoms with E-state index in [1.54, 1.807) is 12.1 Å². The first kappa shape index (κ1) is 22.2. The van der Waals surface area contributed by atoms with Gasteiger partial charge in [0.05, 0.1) is 0 Å². The summed E-state index contributed by atoms with van der Waals surface area (Å²) in [4.78, 5) is 14.9. The summed E-state index contributed by atoms with van der Waals surface area (Å²) in [5, 5.41) is 10.7. The molecule has 0 radical (unpaired) electrons. The number of benzene rings is 2. The van der Waals surface area contributed by atoms with Crippen LogP contribution in [0.1, 0.15) is 15.2 Å². The van der Waals surface area contributed by atoms with Crippen LogP contribution in [-0.4, -0.2) is 16.1 Å². The maximum Gasteiger partial charge on any atom is 0.349 e. The Labute approximate surface area is 190 Å². The van der Waals surface area contributed by atoms with Gasteiger partial charge >= 0.3 is 5.97 Å². The molecule has 10 heteroatoms. The van der Waals surface area contributed by atoms with Crippen molar-refractivity contribution < 1.29 is 28.2 Å². The molecule has 2 heterocycles. The van der Waals surface area contributed by atoms with Crippen LogP contribution >= 0.6 is 11.3 Å². The Hall–Kier alpha value is -4.02. The normalized spacial score (nSPS) is 10.8.